The molecule has 1 aliphatic rings. The number of piperazine rings is 1. The molecular formula is C22H26N2O3. The van der Waals surface area contributed by atoms with Gasteiger partial charge in [-0.05, 0) is 49.7 Å². The van der Waals surface area contributed by atoms with Crippen LogP contribution in [-0.4, -0.2) is 54.4 Å². The SMILES string of the molecule is CCCOc1ccc(C(=O)N2CCN(C(=O)c3cccc(C)c3)CC2)cc1. The Hall–Kier alpha value is -2.82. The monoisotopic (exact) mass is 366 g/mol. The minimum Gasteiger partial charge on any atom is -0.494 e. The second kappa shape index (κ2) is 8.71. The number of hydrogen-bond acceptors (Lipinski definition) is 3. The molecule has 2 aromatic carbocycles. The zero-order chi connectivity index (χ0) is 19.2. The number of carbonyl (C=O) groups excluding carboxylic acids is 2. The summed E-state index contributed by atoms with van der Waals surface area (Å²) < 4.78 is 5.56. The van der Waals surface area contributed by atoms with Crippen LogP contribution >= 0.6 is 0 Å². The van der Waals surface area contributed by atoms with E-state index >= 15 is 0 Å². The van der Waals surface area contributed by atoms with Crippen molar-refractivity contribution < 1.29 is 14.3 Å². The smallest absolute Gasteiger partial charge is 0.253 e. The average Bonchev–Trinajstić information content (AvgIpc) is 2.71. The number of hydrogen-bond donors (Lipinski definition) is 0. The number of amides is 2. The predicted molar refractivity (Wildman–Crippen MR) is 105 cm³/mol. The Morgan fingerprint density at radius 3 is 2.04 bits per heavy atom. The second-order valence-electron chi connectivity index (χ2n) is 6.83. The number of aryl methyl sites for hydroxylation is 1. The van der Waals surface area contributed by atoms with E-state index in [1.54, 1.807) is 12.1 Å². The summed E-state index contributed by atoms with van der Waals surface area (Å²) in [5.41, 5.74) is 2.43. The van der Waals surface area contributed by atoms with Crippen molar-refractivity contribution in [2.75, 3.05) is 32.8 Å². The lowest BCUT2D eigenvalue weighted by molar-refractivity contribution is 0.0535. The Morgan fingerprint density at radius 1 is 0.889 bits per heavy atom. The Kier molecular flexibility index (Phi) is 6.12. The van der Waals surface area contributed by atoms with Gasteiger partial charge >= 0.3 is 0 Å². The van der Waals surface area contributed by atoms with Gasteiger partial charge in [-0.25, -0.2) is 0 Å². The summed E-state index contributed by atoms with van der Waals surface area (Å²) in [4.78, 5) is 29.0. The van der Waals surface area contributed by atoms with Crippen LogP contribution in [0.25, 0.3) is 0 Å². The maximum atomic E-state index is 12.7. The van der Waals surface area contributed by atoms with Gasteiger partial charge in [0, 0.05) is 37.3 Å². The first-order valence-electron chi connectivity index (χ1n) is 9.46. The first kappa shape index (κ1) is 19.0. The van der Waals surface area contributed by atoms with E-state index in [1.807, 2.05) is 53.1 Å². The largest absolute Gasteiger partial charge is 0.494 e. The van der Waals surface area contributed by atoms with Gasteiger partial charge in [0.15, 0.2) is 0 Å². The van der Waals surface area contributed by atoms with Crippen molar-refractivity contribution in [1.29, 1.82) is 0 Å². The molecule has 1 fully saturated rings. The van der Waals surface area contributed by atoms with Crippen LogP contribution in [0.1, 0.15) is 39.6 Å². The molecule has 1 heterocycles. The first-order chi connectivity index (χ1) is 13.1. The fourth-order valence-corrected chi connectivity index (χ4v) is 3.17. The molecule has 0 radical (unpaired) electrons. The van der Waals surface area contributed by atoms with E-state index in [0.29, 0.717) is 43.9 Å². The summed E-state index contributed by atoms with van der Waals surface area (Å²) in [6.07, 6.45) is 0.951. The van der Waals surface area contributed by atoms with Crippen LogP contribution in [-0.2, 0) is 0 Å². The van der Waals surface area contributed by atoms with E-state index in [2.05, 4.69) is 6.92 Å². The minimum absolute atomic E-state index is 0.000281. The molecule has 2 aromatic rings. The highest BCUT2D eigenvalue weighted by molar-refractivity contribution is 5.96. The lowest BCUT2D eigenvalue weighted by Crippen LogP contribution is -2.50. The molecule has 0 aliphatic carbocycles. The van der Waals surface area contributed by atoms with E-state index in [9.17, 15) is 9.59 Å². The van der Waals surface area contributed by atoms with Crippen LogP contribution in [0.5, 0.6) is 5.75 Å². The summed E-state index contributed by atoms with van der Waals surface area (Å²) >= 11 is 0. The molecule has 3 rings (SSSR count). The van der Waals surface area contributed by atoms with Crippen LogP contribution in [0.3, 0.4) is 0 Å². The standard InChI is InChI=1S/C22H26N2O3/c1-3-15-27-20-9-7-18(8-10-20)21(25)23-11-13-24(14-12-23)22(26)19-6-4-5-17(2)16-19/h4-10,16H,3,11-15H2,1-2H3. The average molecular weight is 366 g/mol. The lowest BCUT2D eigenvalue weighted by Gasteiger charge is -2.35. The molecule has 5 nitrogen and oxygen atoms in total. The maximum Gasteiger partial charge on any atom is 0.253 e. The third-order valence-electron chi connectivity index (χ3n) is 4.69. The van der Waals surface area contributed by atoms with Gasteiger partial charge in [-0.2, -0.15) is 0 Å². The number of nitrogens with zero attached hydrogens (tertiary/aromatic N) is 2. The van der Waals surface area contributed by atoms with Crippen molar-refractivity contribution in [1.82, 2.24) is 9.80 Å². The van der Waals surface area contributed by atoms with E-state index < -0.39 is 0 Å². The topological polar surface area (TPSA) is 49.9 Å². The molecule has 1 saturated heterocycles. The summed E-state index contributed by atoms with van der Waals surface area (Å²) in [5.74, 6) is 0.810. The van der Waals surface area contributed by atoms with Gasteiger partial charge in [0.05, 0.1) is 6.61 Å². The highest BCUT2D eigenvalue weighted by Gasteiger charge is 2.25. The summed E-state index contributed by atoms with van der Waals surface area (Å²) in [5, 5.41) is 0. The normalized spacial score (nSPS) is 14.1. The lowest BCUT2D eigenvalue weighted by atomic mass is 10.1. The van der Waals surface area contributed by atoms with E-state index in [4.69, 9.17) is 4.74 Å². The van der Waals surface area contributed by atoms with Gasteiger partial charge in [-0.3, -0.25) is 9.59 Å². The molecule has 0 unspecified atom stereocenters. The quantitative estimate of drug-likeness (QED) is 0.815. The van der Waals surface area contributed by atoms with Gasteiger partial charge in [0.25, 0.3) is 11.8 Å². The van der Waals surface area contributed by atoms with Crippen LogP contribution < -0.4 is 4.74 Å². The van der Waals surface area contributed by atoms with Gasteiger partial charge in [0.2, 0.25) is 0 Å². The number of benzene rings is 2. The molecule has 2 amide bonds. The minimum atomic E-state index is -0.000281. The third-order valence-corrected chi connectivity index (χ3v) is 4.69. The van der Waals surface area contributed by atoms with Crippen molar-refractivity contribution in [3.8, 4) is 5.75 Å². The Balaban J connectivity index is 1.57. The summed E-state index contributed by atoms with van der Waals surface area (Å²) in [6, 6.07) is 14.9. The molecular weight excluding hydrogens is 340 g/mol. The van der Waals surface area contributed by atoms with Crippen molar-refractivity contribution in [2.45, 2.75) is 20.3 Å². The highest BCUT2D eigenvalue weighted by atomic mass is 16.5. The second-order valence-corrected chi connectivity index (χ2v) is 6.83. The molecule has 0 N–H and O–H groups in total. The van der Waals surface area contributed by atoms with Crippen molar-refractivity contribution >= 4 is 11.8 Å². The predicted octanol–water partition coefficient (Wildman–Crippen LogP) is 3.38. The fraction of sp³-hybridized carbons (Fsp3) is 0.364. The van der Waals surface area contributed by atoms with Crippen molar-refractivity contribution in [2.24, 2.45) is 0 Å². The zero-order valence-corrected chi connectivity index (χ0v) is 16.0. The zero-order valence-electron chi connectivity index (χ0n) is 16.0. The molecule has 0 atom stereocenters. The molecule has 1 aliphatic heterocycles. The number of carbonyl (C=O) groups is 2. The van der Waals surface area contributed by atoms with Crippen LogP contribution in [0.4, 0.5) is 0 Å². The molecule has 5 heteroatoms. The highest BCUT2D eigenvalue weighted by Crippen LogP contribution is 2.16. The van der Waals surface area contributed by atoms with Crippen molar-refractivity contribution in [3.63, 3.8) is 0 Å². The molecule has 0 saturated carbocycles. The van der Waals surface area contributed by atoms with Crippen molar-refractivity contribution in [3.05, 3.63) is 65.2 Å². The van der Waals surface area contributed by atoms with Crippen LogP contribution in [0.2, 0.25) is 0 Å². The third kappa shape index (κ3) is 4.67. The molecule has 142 valence electrons. The number of ether oxygens (including phenoxy) is 1. The van der Waals surface area contributed by atoms with Gasteiger partial charge in [-0.1, -0.05) is 24.6 Å². The Morgan fingerprint density at radius 2 is 1.48 bits per heavy atom. The maximum absolute atomic E-state index is 12.7. The molecule has 27 heavy (non-hydrogen) atoms. The van der Waals surface area contributed by atoms with Crippen LogP contribution in [0, 0.1) is 6.92 Å². The molecule has 0 bridgehead atoms. The number of rotatable bonds is 5. The Bertz CT molecular complexity index is 793. The van der Waals surface area contributed by atoms with Gasteiger partial charge in [0.1, 0.15) is 5.75 Å². The van der Waals surface area contributed by atoms with Gasteiger partial charge < -0.3 is 14.5 Å². The van der Waals surface area contributed by atoms with E-state index in [0.717, 1.165) is 17.7 Å². The van der Waals surface area contributed by atoms with Crippen LogP contribution in [0.15, 0.2) is 48.5 Å². The summed E-state index contributed by atoms with van der Waals surface area (Å²) in [7, 11) is 0. The van der Waals surface area contributed by atoms with E-state index in [1.165, 1.54) is 0 Å². The van der Waals surface area contributed by atoms with Gasteiger partial charge in [-0.15, -0.1) is 0 Å². The fourth-order valence-electron chi connectivity index (χ4n) is 3.17. The molecule has 0 aromatic heterocycles. The van der Waals surface area contributed by atoms with E-state index in [-0.39, 0.29) is 11.8 Å². The summed E-state index contributed by atoms with van der Waals surface area (Å²) in [6.45, 7) is 6.90. The Labute approximate surface area is 160 Å². The first-order valence-corrected chi connectivity index (χ1v) is 9.46. The molecule has 0 spiro atoms.